The number of benzene rings is 1. The Morgan fingerprint density at radius 2 is 2.00 bits per heavy atom. The first-order valence-electron chi connectivity index (χ1n) is 8.42. The number of aromatic amines is 1. The summed E-state index contributed by atoms with van der Waals surface area (Å²) in [5.74, 6) is 0.631. The van der Waals surface area contributed by atoms with E-state index in [1.54, 1.807) is 11.3 Å². The predicted octanol–water partition coefficient (Wildman–Crippen LogP) is 4.65. The van der Waals surface area contributed by atoms with Crippen LogP contribution in [0.25, 0.3) is 22.4 Å². The molecule has 24 heavy (non-hydrogen) atoms. The van der Waals surface area contributed by atoms with Crippen molar-refractivity contribution in [3.8, 4) is 0 Å². The molecule has 0 atom stereocenters. The first-order valence-corrected chi connectivity index (χ1v) is 9.23. The second-order valence-corrected chi connectivity index (χ2v) is 7.62. The van der Waals surface area contributed by atoms with Gasteiger partial charge >= 0.3 is 0 Å². The predicted molar refractivity (Wildman–Crippen MR) is 102 cm³/mol. The van der Waals surface area contributed by atoms with Gasteiger partial charge in [-0.15, -0.1) is 11.3 Å². The normalized spacial score (nSPS) is 14.4. The Kier molecular flexibility index (Phi) is 3.85. The van der Waals surface area contributed by atoms with Crippen molar-refractivity contribution in [2.45, 2.75) is 39.5 Å². The van der Waals surface area contributed by atoms with Crippen molar-refractivity contribution in [2.75, 3.05) is 0 Å². The summed E-state index contributed by atoms with van der Waals surface area (Å²) in [7, 11) is 0. The molecule has 0 saturated carbocycles. The Morgan fingerprint density at radius 1 is 1.17 bits per heavy atom. The fourth-order valence-corrected chi connectivity index (χ4v) is 4.64. The number of rotatable bonds is 2. The molecule has 2 heterocycles. The fraction of sp³-hybridized carbons (Fsp3) is 0.300. The van der Waals surface area contributed by atoms with Gasteiger partial charge in [0.2, 0.25) is 0 Å². The van der Waals surface area contributed by atoms with E-state index in [-0.39, 0.29) is 5.56 Å². The minimum atomic E-state index is 0.0000131. The number of fused-ring (bicyclic) bond motifs is 3. The highest BCUT2D eigenvalue weighted by Gasteiger charge is 2.19. The third kappa shape index (κ3) is 2.71. The molecule has 122 valence electrons. The van der Waals surface area contributed by atoms with Crippen molar-refractivity contribution < 1.29 is 0 Å². The van der Waals surface area contributed by atoms with E-state index in [9.17, 15) is 4.79 Å². The molecular formula is C20H20N2OS. The lowest BCUT2D eigenvalue weighted by Gasteiger charge is -2.09. The Bertz CT molecular complexity index is 1010. The Balaban J connectivity index is 1.76. The van der Waals surface area contributed by atoms with Crippen LogP contribution < -0.4 is 5.56 Å². The van der Waals surface area contributed by atoms with Crippen molar-refractivity contribution in [3.63, 3.8) is 0 Å². The van der Waals surface area contributed by atoms with Gasteiger partial charge in [-0.05, 0) is 62.3 Å². The minimum Gasteiger partial charge on any atom is -0.306 e. The molecule has 0 aliphatic heterocycles. The third-order valence-electron chi connectivity index (χ3n) is 4.70. The number of aryl methyl sites for hydroxylation is 4. The average molecular weight is 336 g/mol. The summed E-state index contributed by atoms with van der Waals surface area (Å²) in [6.45, 7) is 4.17. The average Bonchev–Trinajstić information content (AvgIpc) is 2.94. The highest BCUT2D eigenvalue weighted by Crippen LogP contribution is 2.33. The number of nitrogens with zero attached hydrogens (tertiary/aromatic N) is 1. The van der Waals surface area contributed by atoms with Crippen molar-refractivity contribution in [1.29, 1.82) is 0 Å². The monoisotopic (exact) mass is 336 g/mol. The summed E-state index contributed by atoms with van der Waals surface area (Å²) in [5, 5.41) is 0.818. The lowest BCUT2D eigenvalue weighted by Crippen LogP contribution is -2.11. The highest BCUT2D eigenvalue weighted by molar-refractivity contribution is 7.18. The van der Waals surface area contributed by atoms with Crippen LogP contribution in [0.15, 0.2) is 23.0 Å². The van der Waals surface area contributed by atoms with Gasteiger partial charge in [-0.2, -0.15) is 0 Å². The Hall–Kier alpha value is -2.20. The summed E-state index contributed by atoms with van der Waals surface area (Å²) < 4.78 is 0. The van der Waals surface area contributed by atoms with E-state index in [0.29, 0.717) is 5.82 Å². The maximum absolute atomic E-state index is 12.5. The molecule has 3 nitrogen and oxygen atoms in total. The van der Waals surface area contributed by atoms with Crippen LogP contribution in [0.1, 0.15) is 45.8 Å². The molecule has 4 rings (SSSR count). The molecule has 0 bridgehead atoms. The van der Waals surface area contributed by atoms with Crippen LogP contribution in [0.3, 0.4) is 0 Å². The molecule has 1 aliphatic rings. The molecule has 2 aromatic heterocycles. The summed E-state index contributed by atoms with van der Waals surface area (Å²) in [6, 6.07) is 6.36. The molecule has 1 aromatic carbocycles. The van der Waals surface area contributed by atoms with Crippen LogP contribution in [-0.4, -0.2) is 9.97 Å². The molecule has 0 amide bonds. The van der Waals surface area contributed by atoms with E-state index >= 15 is 0 Å². The number of aromatic nitrogens is 2. The van der Waals surface area contributed by atoms with E-state index < -0.39 is 0 Å². The van der Waals surface area contributed by atoms with E-state index in [2.05, 4.69) is 42.0 Å². The van der Waals surface area contributed by atoms with E-state index in [1.165, 1.54) is 34.4 Å². The zero-order valence-corrected chi connectivity index (χ0v) is 14.8. The minimum absolute atomic E-state index is 0.0000131. The molecule has 0 unspecified atom stereocenters. The first-order chi connectivity index (χ1) is 11.6. The SMILES string of the molecule is Cc1ccc(C)c(/C=C/c2nc3sc4c(c3c(=O)[nH]2)CCCC4)c1. The lowest BCUT2D eigenvalue weighted by atomic mass is 9.97. The van der Waals surface area contributed by atoms with Gasteiger partial charge in [-0.3, -0.25) is 4.79 Å². The van der Waals surface area contributed by atoms with Gasteiger partial charge in [0.25, 0.3) is 5.56 Å². The van der Waals surface area contributed by atoms with Crippen LogP contribution in [0.4, 0.5) is 0 Å². The number of thiophene rings is 1. The molecule has 0 radical (unpaired) electrons. The number of hydrogen-bond donors (Lipinski definition) is 1. The summed E-state index contributed by atoms with van der Waals surface area (Å²) >= 11 is 1.69. The summed E-state index contributed by atoms with van der Waals surface area (Å²) in [6.07, 6.45) is 8.42. The van der Waals surface area contributed by atoms with Gasteiger partial charge in [0.05, 0.1) is 5.39 Å². The van der Waals surface area contributed by atoms with Crippen LogP contribution in [0, 0.1) is 13.8 Å². The molecule has 1 aliphatic carbocycles. The molecule has 0 fully saturated rings. The second-order valence-electron chi connectivity index (χ2n) is 6.54. The first kappa shape index (κ1) is 15.3. The molecule has 3 aromatic rings. The van der Waals surface area contributed by atoms with Gasteiger partial charge in [0.1, 0.15) is 10.7 Å². The number of H-pyrrole nitrogens is 1. The van der Waals surface area contributed by atoms with Gasteiger partial charge in [-0.1, -0.05) is 29.8 Å². The lowest BCUT2D eigenvalue weighted by molar-refractivity contribution is 0.700. The smallest absolute Gasteiger partial charge is 0.260 e. The van der Waals surface area contributed by atoms with Crippen LogP contribution in [0.5, 0.6) is 0 Å². The van der Waals surface area contributed by atoms with Crippen molar-refractivity contribution in [2.24, 2.45) is 0 Å². The largest absolute Gasteiger partial charge is 0.306 e. The molecule has 4 heteroatoms. The quantitative estimate of drug-likeness (QED) is 0.740. The zero-order valence-electron chi connectivity index (χ0n) is 14.0. The van der Waals surface area contributed by atoms with Gasteiger partial charge in [0, 0.05) is 4.88 Å². The van der Waals surface area contributed by atoms with Gasteiger partial charge in [-0.25, -0.2) is 4.98 Å². The third-order valence-corrected chi connectivity index (χ3v) is 5.88. The molecule has 0 saturated heterocycles. The van der Waals surface area contributed by atoms with Crippen molar-refractivity contribution in [1.82, 2.24) is 9.97 Å². The Labute approximate surface area is 145 Å². The standard InChI is InChI=1S/C20H20N2OS/c1-12-7-8-13(2)14(11-12)9-10-17-21-19(23)18-15-5-3-4-6-16(15)24-20(18)22-17/h7-11H,3-6H2,1-2H3,(H,21,22,23)/b10-9+. The number of hydrogen-bond acceptors (Lipinski definition) is 3. The Morgan fingerprint density at radius 3 is 2.88 bits per heavy atom. The fourth-order valence-electron chi connectivity index (χ4n) is 3.37. The van der Waals surface area contributed by atoms with E-state index in [1.807, 2.05) is 12.2 Å². The van der Waals surface area contributed by atoms with Crippen LogP contribution in [-0.2, 0) is 12.8 Å². The van der Waals surface area contributed by atoms with Crippen LogP contribution >= 0.6 is 11.3 Å². The summed E-state index contributed by atoms with van der Waals surface area (Å²) in [5.41, 5.74) is 4.83. The van der Waals surface area contributed by atoms with Crippen molar-refractivity contribution >= 4 is 33.7 Å². The zero-order chi connectivity index (χ0) is 16.7. The molecule has 0 spiro atoms. The van der Waals surface area contributed by atoms with E-state index in [4.69, 9.17) is 0 Å². The van der Waals surface area contributed by atoms with Crippen LogP contribution in [0.2, 0.25) is 0 Å². The van der Waals surface area contributed by atoms with Gasteiger partial charge in [0.15, 0.2) is 0 Å². The van der Waals surface area contributed by atoms with Gasteiger partial charge < -0.3 is 4.98 Å². The summed E-state index contributed by atoms with van der Waals surface area (Å²) in [4.78, 5) is 22.4. The number of nitrogens with one attached hydrogen (secondary N) is 1. The highest BCUT2D eigenvalue weighted by atomic mass is 32.1. The second kappa shape index (κ2) is 6.02. The topological polar surface area (TPSA) is 45.8 Å². The molecule has 1 N–H and O–H groups in total. The molecular weight excluding hydrogens is 316 g/mol. The maximum atomic E-state index is 12.5. The van der Waals surface area contributed by atoms with Crippen molar-refractivity contribution in [3.05, 3.63) is 61.5 Å². The maximum Gasteiger partial charge on any atom is 0.260 e. The van der Waals surface area contributed by atoms with E-state index in [0.717, 1.165) is 28.6 Å².